The Kier molecular flexibility index (Phi) is 10.7. The Morgan fingerprint density at radius 2 is 0.986 bits per heavy atom. The Morgan fingerprint density at radius 1 is 0.443 bits per heavy atom. The largest absolute Gasteiger partial charge is 0.334 e. The van der Waals surface area contributed by atoms with E-state index in [9.17, 15) is 4.39 Å². The van der Waals surface area contributed by atoms with Gasteiger partial charge in [0.1, 0.15) is 0 Å². The Hall–Kier alpha value is -8.47. The van der Waals surface area contributed by atoms with Crippen molar-refractivity contribution < 1.29 is 13.2 Å². The number of anilines is 2. The summed E-state index contributed by atoms with van der Waals surface area (Å²) in [6, 6.07) is 76.5. The Bertz CT molecular complexity index is 3630. The maximum atomic E-state index is 15.6. The van der Waals surface area contributed by atoms with Crippen LogP contribution in [0.3, 0.4) is 0 Å². The fourth-order valence-corrected chi connectivity index (χ4v) is 11.0. The standard InChI is InChI=1S/C66H46F3N/c1-66(52-30-24-46(25-31-52)43-14-5-2-6-15-43)61-42-55(70(53-32-26-47(27-33-53)44-16-7-3-8-17-44)54-34-28-48(29-35-54)45-18-9-4-10-19-45)36-37-58(61)60-39-50(57-23-13-21-49-20-11-12-22-56(49)57)38-59(64(60)66)51-40-62(67)65(69)63(68)41-51/h2-34,36-42,54H,35H2,1H3. The lowest BCUT2D eigenvalue weighted by Crippen LogP contribution is -2.30. The van der Waals surface area contributed by atoms with Crippen LogP contribution in [0.2, 0.25) is 0 Å². The van der Waals surface area contributed by atoms with Crippen molar-refractivity contribution in [2.24, 2.45) is 0 Å². The van der Waals surface area contributed by atoms with Gasteiger partial charge in [-0.3, -0.25) is 0 Å². The zero-order valence-corrected chi connectivity index (χ0v) is 38.5. The Balaban J connectivity index is 1.09. The third-order valence-corrected chi connectivity index (χ3v) is 14.5. The molecule has 0 fully saturated rings. The smallest absolute Gasteiger partial charge is 0.194 e. The van der Waals surface area contributed by atoms with Gasteiger partial charge in [-0.15, -0.1) is 0 Å². The highest BCUT2D eigenvalue weighted by molar-refractivity contribution is 6.01. The van der Waals surface area contributed by atoms with Gasteiger partial charge in [-0.2, -0.15) is 0 Å². The van der Waals surface area contributed by atoms with Gasteiger partial charge in [0.15, 0.2) is 17.5 Å². The predicted octanol–water partition coefficient (Wildman–Crippen LogP) is 17.8. The molecule has 10 aromatic rings. The number of nitrogens with zero attached hydrogens (tertiary/aromatic N) is 1. The van der Waals surface area contributed by atoms with E-state index in [0.717, 1.165) is 102 Å². The minimum atomic E-state index is -1.49. The molecule has 12 rings (SSSR count). The van der Waals surface area contributed by atoms with Crippen LogP contribution >= 0.6 is 0 Å². The minimum absolute atomic E-state index is 0.0213. The molecule has 1 nitrogen and oxygen atoms in total. The van der Waals surface area contributed by atoms with Crippen molar-refractivity contribution in [2.75, 3.05) is 4.90 Å². The molecule has 0 aromatic heterocycles. The van der Waals surface area contributed by atoms with Crippen LogP contribution in [0.5, 0.6) is 0 Å². The molecule has 0 amide bonds. The van der Waals surface area contributed by atoms with Crippen molar-refractivity contribution in [3.8, 4) is 55.6 Å². The molecule has 0 aliphatic heterocycles. The van der Waals surface area contributed by atoms with E-state index in [-0.39, 0.29) is 11.6 Å². The number of halogens is 3. The summed E-state index contributed by atoms with van der Waals surface area (Å²) in [6.07, 6.45) is 7.65. The lowest BCUT2D eigenvalue weighted by Gasteiger charge is -2.35. The molecule has 2 unspecified atom stereocenters. The summed E-state index contributed by atoms with van der Waals surface area (Å²) >= 11 is 0. The zero-order chi connectivity index (χ0) is 47.3. The number of hydrogen-bond donors (Lipinski definition) is 0. The zero-order valence-electron chi connectivity index (χ0n) is 38.5. The second kappa shape index (κ2) is 17.6. The summed E-state index contributed by atoms with van der Waals surface area (Å²) in [5.41, 5.74) is 15.7. The number of fused-ring (bicyclic) bond motifs is 4. The van der Waals surface area contributed by atoms with E-state index >= 15 is 8.78 Å². The van der Waals surface area contributed by atoms with Crippen LogP contribution in [0.4, 0.5) is 24.5 Å². The van der Waals surface area contributed by atoms with Crippen molar-refractivity contribution in [1.29, 1.82) is 0 Å². The molecular weight excluding hydrogens is 864 g/mol. The molecule has 0 N–H and O–H groups in total. The van der Waals surface area contributed by atoms with Gasteiger partial charge in [-0.05, 0) is 156 Å². The summed E-state index contributed by atoms with van der Waals surface area (Å²) in [6.45, 7) is 2.23. The van der Waals surface area contributed by atoms with E-state index in [1.807, 2.05) is 54.6 Å². The highest BCUT2D eigenvalue weighted by atomic mass is 19.2. The molecule has 2 aliphatic carbocycles. The molecule has 0 spiro atoms. The molecule has 4 heteroatoms. The van der Waals surface area contributed by atoms with Crippen molar-refractivity contribution in [1.82, 2.24) is 0 Å². The second-order valence-electron chi connectivity index (χ2n) is 18.5. The predicted molar refractivity (Wildman–Crippen MR) is 284 cm³/mol. The third kappa shape index (κ3) is 7.44. The van der Waals surface area contributed by atoms with Gasteiger partial charge in [-0.1, -0.05) is 194 Å². The average molecular weight is 910 g/mol. The summed E-state index contributed by atoms with van der Waals surface area (Å²) in [7, 11) is 0. The molecule has 336 valence electrons. The number of benzene rings is 10. The molecule has 0 saturated carbocycles. The van der Waals surface area contributed by atoms with Crippen LogP contribution in [0, 0.1) is 17.5 Å². The van der Waals surface area contributed by atoms with E-state index in [2.05, 4.69) is 188 Å². The SMILES string of the molecule is CC1(c2ccc(-c3ccccc3)cc2)c2cc(N(c3ccc(-c4ccccc4)cc3)C3C=CC(c4ccccc4)=CC3)ccc2-c2cc(-c3cccc4ccccc34)cc(-c3cc(F)c(F)c(F)c3)c21. The molecular formula is C66H46F3N. The normalized spacial score (nSPS) is 15.9. The van der Waals surface area contributed by atoms with Gasteiger partial charge in [0.05, 0.1) is 6.04 Å². The van der Waals surface area contributed by atoms with Crippen molar-refractivity contribution in [3.63, 3.8) is 0 Å². The third-order valence-electron chi connectivity index (χ3n) is 14.5. The quantitative estimate of drug-likeness (QED) is 0.130. The highest BCUT2D eigenvalue weighted by Crippen LogP contribution is 2.58. The van der Waals surface area contributed by atoms with E-state index < -0.39 is 22.9 Å². The van der Waals surface area contributed by atoms with Crippen molar-refractivity contribution in [3.05, 3.63) is 282 Å². The first-order valence-corrected chi connectivity index (χ1v) is 23.8. The number of hydrogen-bond acceptors (Lipinski definition) is 1. The summed E-state index contributed by atoms with van der Waals surface area (Å²) in [5, 5.41) is 2.13. The molecule has 70 heavy (non-hydrogen) atoms. The van der Waals surface area contributed by atoms with Gasteiger partial charge in [-0.25, -0.2) is 13.2 Å². The average Bonchev–Trinajstić information content (AvgIpc) is 3.68. The van der Waals surface area contributed by atoms with Gasteiger partial charge in [0.25, 0.3) is 0 Å². The van der Waals surface area contributed by atoms with Gasteiger partial charge in [0.2, 0.25) is 0 Å². The van der Waals surface area contributed by atoms with Gasteiger partial charge >= 0.3 is 0 Å². The first-order chi connectivity index (χ1) is 34.3. The fourth-order valence-electron chi connectivity index (χ4n) is 11.0. The van der Waals surface area contributed by atoms with Crippen LogP contribution in [0.1, 0.15) is 35.6 Å². The van der Waals surface area contributed by atoms with E-state index in [4.69, 9.17) is 0 Å². The Labute approximate surface area is 406 Å². The summed E-state index contributed by atoms with van der Waals surface area (Å²) in [4.78, 5) is 2.43. The maximum Gasteiger partial charge on any atom is 0.194 e. The van der Waals surface area contributed by atoms with E-state index in [1.54, 1.807) is 0 Å². The fraction of sp³-hybridized carbons (Fsp3) is 0.0606. The molecule has 0 saturated heterocycles. The van der Waals surface area contributed by atoms with Crippen LogP contribution < -0.4 is 4.90 Å². The Morgan fingerprint density at radius 3 is 1.63 bits per heavy atom. The first kappa shape index (κ1) is 42.9. The second-order valence-corrected chi connectivity index (χ2v) is 18.5. The highest BCUT2D eigenvalue weighted by Gasteiger charge is 2.44. The lowest BCUT2D eigenvalue weighted by molar-refractivity contribution is 0.447. The lowest BCUT2D eigenvalue weighted by atomic mass is 9.71. The molecule has 10 aromatic carbocycles. The number of allylic oxidation sites excluding steroid dienone is 2. The first-order valence-electron chi connectivity index (χ1n) is 23.8. The van der Waals surface area contributed by atoms with Crippen molar-refractivity contribution >= 4 is 27.7 Å². The van der Waals surface area contributed by atoms with Crippen molar-refractivity contribution in [2.45, 2.75) is 24.8 Å². The summed E-state index contributed by atoms with van der Waals surface area (Å²) < 4.78 is 46.1. The minimum Gasteiger partial charge on any atom is -0.334 e. The topological polar surface area (TPSA) is 3.24 Å². The van der Waals surface area contributed by atoms with Crippen LogP contribution in [-0.2, 0) is 5.41 Å². The van der Waals surface area contributed by atoms with E-state index in [1.165, 1.54) is 11.1 Å². The maximum absolute atomic E-state index is 15.6. The molecule has 0 bridgehead atoms. The molecule has 2 aliphatic rings. The van der Waals surface area contributed by atoms with Gasteiger partial charge < -0.3 is 4.90 Å². The van der Waals surface area contributed by atoms with Crippen LogP contribution in [-0.4, -0.2) is 6.04 Å². The summed E-state index contributed by atoms with van der Waals surface area (Å²) in [5.74, 6) is -3.95. The molecule has 0 heterocycles. The van der Waals surface area contributed by atoms with Gasteiger partial charge in [0, 0.05) is 16.8 Å². The number of rotatable bonds is 9. The van der Waals surface area contributed by atoms with Crippen LogP contribution in [0.25, 0.3) is 72.0 Å². The molecule has 0 radical (unpaired) electrons. The molecule has 2 atom stereocenters. The monoisotopic (exact) mass is 909 g/mol. The van der Waals surface area contributed by atoms with E-state index in [0.29, 0.717) is 5.56 Å². The van der Waals surface area contributed by atoms with Crippen LogP contribution in [0.15, 0.2) is 243 Å².